The van der Waals surface area contributed by atoms with Gasteiger partial charge < -0.3 is 14.8 Å². The van der Waals surface area contributed by atoms with E-state index in [-0.39, 0.29) is 12.1 Å². The van der Waals surface area contributed by atoms with Crippen LogP contribution in [0.1, 0.15) is 54.1 Å². The topological polar surface area (TPSA) is 33.1 Å². The van der Waals surface area contributed by atoms with Crippen LogP contribution < -0.4 is 5.32 Å². The third kappa shape index (κ3) is 4.49. The summed E-state index contributed by atoms with van der Waals surface area (Å²) in [6, 6.07) is 13.0. The second-order valence-corrected chi connectivity index (χ2v) is 9.27. The molecule has 0 saturated carbocycles. The number of hydrogen-bond donors (Lipinski definition) is 1. The Morgan fingerprint density at radius 3 is 2.48 bits per heavy atom. The highest BCUT2D eigenvalue weighted by molar-refractivity contribution is 7.80. The Morgan fingerprint density at radius 2 is 1.85 bits per heavy atom. The van der Waals surface area contributed by atoms with E-state index >= 15 is 0 Å². The highest BCUT2D eigenvalue weighted by Gasteiger charge is 2.41. The van der Waals surface area contributed by atoms with Crippen LogP contribution in [0.2, 0.25) is 0 Å². The normalized spacial score (nSPS) is 18.8. The minimum atomic E-state index is -4.40. The minimum absolute atomic E-state index is 0.124. The zero-order valence-corrected chi connectivity index (χ0v) is 19.8. The van der Waals surface area contributed by atoms with Crippen molar-refractivity contribution in [2.75, 3.05) is 6.54 Å². The molecule has 174 valence electrons. The molecular weight excluding hydrogens is 445 g/mol. The molecule has 8 heteroatoms. The first-order valence-corrected chi connectivity index (χ1v) is 11.3. The zero-order valence-electron chi connectivity index (χ0n) is 19.0. The van der Waals surface area contributed by atoms with Crippen molar-refractivity contribution >= 4 is 17.3 Å². The van der Waals surface area contributed by atoms with Gasteiger partial charge in [0.2, 0.25) is 0 Å². The van der Waals surface area contributed by atoms with Gasteiger partial charge in [-0.25, -0.2) is 0 Å². The molecule has 1 aromatic carbocycles. The van der Waals surface area contributed by atoms with Gasteiger partial charge in [-0.15, -0.1) is 0 Å². The summed E-state index contributed by atoms with van der Waals surface area (Å²) in [5.74, 6) is 0.377. The average molecular weight is 473 g/mol. The second-order valence-electron chi connectivity index (χ2n) is 8.88. The summed E-state index contributed by atoms with van der Waals surface area (Å²) < 4.78 is 41.9. The van der Waals surface area contributed by atoms with E-state index in [0.29, 0.717) is 16.7 Å². The zero-order chi connectivity index (χ0) is 23.9. The molecule has 0 aliphatic carbocycles. The van der Waals surface area contributed by atoms with Gasteiger partial charge >= 0.3 is 6.18 Å². The Bertz CT molecular complexity index is 1150. The van der Waals surface area contributed by atoms with E-state index in [4.69, 9.17) is 12.2 Å². The van der Waals surface area contributed by atoms with Crippen LogP contribution in [0.15, 0.2) is 54.7 Å². The third-order valence-electron chi connectivity index (χ3n) is 5.98. The van der Waals surface area contributed by atoms with E-state index in [2.05, 4.69) is 35.1 Å². The van der Waals surface area contributed by atoms with Gasteiger partial charge in [-0.05, 0) is 73.9 Å². The molecule has 2 aromatic heterocycles. The average Bonchev–Trinajstić information content (AvgIpc) is 3.23. The van der Waals surface area contributed by atoms with Gasteiger partial charge in [0.05, 0.1) is 23.3 Å². The van der Waals surface area contributed by atoms with E-state index in [0.717, 1.165) is 35.3 Å². The maximum absolute atomic E-state index is 13.3. The summed E-state index contributed by atoms with van der Waals surface area (Å²) in [5, 5.41) is 4.10. The Labute approximate surface area is 197 Å². The molecule has 2 atom stereocenters. The number of nitrogens with zero attached hydrogens (tertiary/aromatic N) is 3. The first-order chi connectivity index (χ1) is 15.6. The number of pyridine rings is 1. The molecule has 1 saturated heterocycles. The van der Waals surface area contributed by atoms with Gasteiger partial charge in [0, 0.05) is 29.8 Å². The SMILES string of the molecule is Cc1cc([C@@H]2[C@@H](c3ccccn3)NC(=S)N2CC(C)C)c(C)n1-c1cccc(C(F)(F)F)c1. The van der Waals surface area contributed by atoms with Gasteiger partial charge in [-0.1, -0.05) is 26.0 Å². The molecule has 1 aliphatic rings. The van der Waals surface area contributed by atoms with Crippen LogP contribution >= 0.6 is 12.2 Å². The van der Waals surface area contributed by atoms with E-state index < -0.39 is 11.7 Å². The summed E-state index contributed by atoms with van der Waals surface area (Å²) >= 11 is 5.70. The van der Waals surface area contributed by atoms with Crippen LogP contribution in [0, 0.1) is 19.8 Å². The lowest BCUT2D eigenvalue weighted by Crippen LogP contribution is -2.33. The number of rotatable bonds is 5. The molecule has 0 amide bonds. The van der Waals surface area contributed by atoms with Crippen LogP contribution in [-0.4, -0.2) is 26.1 Å². The van der Waals surface area contributed by atoms with E-state index in [1.54, 1.807) is 12.3 Å². The fraction of sp³-hybridized carbons (Fsp3) is 0.360. The van der Waals surface area contributed by atoms with Crippen molar-refractivity contribution in [2.24, 2.45) is 5.92 Å². The Balaban J connectivity index is 1.83. The number of benzene rings is 1. The highest BCUT2D eigenvalue weighted by Crippen LogP contribution is 2.42. The van der Waals surface area contributed by atoms with Gasteiger partial charge in [0.1, 0.15) is 0 Å². The molecule has 4 rings (SSSR count). The first kappa shape index (κ1) is 23.3. The van der Waals surface area contributed by atoms with Crippen LogP contribution in [0.3, 0.4) is 0 Å². The van der Waals surface area contributed by atoms with Crippen molar-refractivity contribution in [3.63, 3.8) is 0 Å². The Hall–Kier alpha value is -2.87. The number of thiocarbonyl (C=S) groups is 1. The Kier molecular flexibility index (Phi) is 6.22. The minimum Gasteiger partial charge on any atom is -0.352 e. The number of aryl methyl sites for hydroxylation is 1. The fourth-order valence-corrected chi connectivity index (χ4v) is 4.95. The molecule has 4 nitrogen and oxygen atoms in total. The summed E-state index contributed by atoms with van der Waals surface area (Å²) in [6.45, 7) is 8.90. The summed E-state index contributed by atoms with van der Waals surface area (Å²) in [6.07, 6.45) is -2.64. The van der Waals surface area contributed by atoms with Gasteiger partial charge in [-0.2, -0.15) is 13.2 Å². The molecule has 0 bridgehead atoms. The number of hydrogen-bond acceptors (Lipinski definition) is 2. The second kappa shape index (κ2) is 8.82. The number of nitrogens with one attached hydrogen (secondary N) is 1. The molecule has 33 heavy (non-hydrogen) atoms. The number of halogens is 3. The van der Waals surface area contributed by atoms with Crippen LogP contribution in [-0.2, 0) is 6.18 Å². The van der Waals surface area contributed by atoms with Gasteiger partial charge in [0.25, 0.3) is 0 Å². The molecule has 1 fully saturated rings. The molecule has 3 heterocycles. The van der Waals surface area contributed by atoms with E-state index in [1.165, 1.54) is 12.1 Å². The first-order valence-electron chi connectivity index (χ1n) is 10.9. The van der Waals surface area contributed by atoms with Crippen molar-refractivity contribution in [1.82, 2.24) is 19.8 Å². The predicted molar refractivity (Wildman–Crippen MR) is 127 cm³/mol. The van der Waals surface area contributed by atoms with Gasteiger partial charge in [0.15, 0.2) is 5.11 Å². The number of alkyl halides is 3. The third-order valence-corrected chi connectivity index (χ3v) is 6.33. The predicted octanol–water partition coefficient (Wildman–Crippen LogP) is 6.14. The van der Waals surface area contributed by atoms with Gasteiger partial charge in [-0.3, -0.25) is 4.98 Å². The molecule has 0 radical (unpaired) electrons. The maximum atomic E-state index is 13.3. The van der Waals surface area contributed by atoms with Crippen molar-refractivity contribution in [1.29, 1.82) is 0 Å². The lowest BCUT2D eigenvalue weighted by molar-refractivity contribution is -0.137. The smallest absolute Gasteiger partial charge is 0.352 e. The molecule has 0 unspecified atom stereocenters. The van der Waals surface area contributed by atoms with Crippen LogP contribution in [0.4, 0.5) is 13.2 Å². The van der Waals surface area contributed by atoms with Crippen molar-refractivity contribution < 1.29 is 13.2 Å². The summed E-state index contributed by atoms with van der Waals surface area (Å²) in [7, 11) is 0. The number of aromatic nitrogens is 2. The van der Waals surface area contributed by atoms with E-state index in [9.17, 15) is 13.2 Å². The van der Waals surface area contributed by atoms with Crippen molar-refractivity contribution in [2.45, 2.75) is 46.0 Å². The van der Waals surface area contributed by atoms with E-state index in [1.807, 2.05) is 36.6 Å². The Morgan fingerprint density at radius 1 is 1.09 bits per heavy atom. The lowest BCUT2D eigenvalue weighted by atomic mass is 9.96. The van der Waals surface area contributed by atoms with Crippen LogP contribution in [0.5, 0.6) is 0 Å². The molecule has 0 spiro atoms. The molecule has 1 N–H and O–H groups in total. The fourth-order valence-electron chi connectivity index (χ4n) is 4.64. The molecule has 3 aromatic rings. The largest absolute Gasteiger partial charge is 0.416 e. The summed E-state index contributed by atoms with van der Waals surface area (Å²) in [4.78, 5) is 6.74. The van der Waals surface area contributed by atoms with Crippen molar-refractivity contribution in [3.05, 3.63) is 82.9 Å². The monoisotopic (exact) mass is 472 g/mol. The maximum Gasteiger partial charge on any atom is 0.416 e. The lowest BCUT2D eigenvalue weighted by Gasteiger charge is -2.29. The molecular formula is C25H27F3N4S. The van der Waals surface area contributed by atoms with Crippen molar-refractivity contribution in [3.8, 4) is 5.69 Å². The standard InChI is InChI=1S/C25H27F3N4S/c1-15(2)14-31-23(22(30-24(31)33)21-10-5-6-11-29-21)20-12-16(3)32(17(20)4)19-9-7-8-18(13-19)25(26,27)28/h5-13,15,22-23H,14H2,1-4H3,(H,30,33)/t22-,23-/m1/s1. The highest BCUT2D eigenvalue weighted by atomic mass is 32.1. The molecule has 1 aliphatic heterocycles. The quantitative estimate of drug-likeness (QED) is 0.453. The summed E-state index contributed by atoms with van der Waals surface area (Å²) in [5.41, 5.74) is 3.48. The van der Waals surface area contributed by atoms with Crippen LogP contribution in [0.25, 0.3) is 5.69 Å².